The van der Waals surface area contributed by atoms with Gasteiger partial charge in [-0.1, -0.05) is 19.0 Å². The third kappa shape index (κ3) is 3.74. The van der Waals surface area contributed by atoms with Gasteiger partial charge in [0.2, 0.25) is 11.8 Å². The molecule has 0 unspecified atom stereocenters. The summed E-state index contributed by atoms with van der Waals surface area (Å²) in [5.41, 5.74) is 0. The molecule has 130 valence electrons. The Labute approximate surface area is 141 Å². The van der Waals surface area contributed by atoms with Crippen molar-refractivity contribution in [1.29, 1.82) is 0 Å². The molecule has 1 aliphatic heterocycles. The van der Waals surface area contributed by atoms with Gasteiger partial charge < -0.3 is 19.1 Å². The van der Waals surface area contributed by atoms with E-state index in [-0.39, 0.29) is 5.92 Å². The van der Waals surface area contributed by atoms with E-state index in [4.69, 9.17) is 9.26 Å². The molecule has 0 atom stereocenters. The maximum Gasteiger partial charge on any atom is 0.324 e. The Morgan fingerprint density at radius 2 is 1.96 bits per heavy atom. The predicted octanol–water partition coefficient (Wildman–Crippen LogP) is 2.10. The zero-order chi connectivity index (χ0) is 16.9. The number of ether oxygens (including phenoxy) is 1. The third-order valence-electron chi connectivity index (χ3n) is 3.91. The van der Waals surface area contributed by atoms with E-state index in [1.54, 1.807) is 12.3 Å². The first-order valence-electron chi connectivity index (χ1n) is 8.46. The van der Waals surface area contributed by atoms with Crippen molar-refractivity contribution in [3.05, 3.63) is 18.1 Å². The fourth-order valence-electron chi connectivity index (χ4n) is 2.61. The second kappa shape index (κ2) is 7.46. The summed E-state index contributed by atoms with van der Waals surface area (Å²) in [5, 5.41) is 4.05. The van der Waals surface area contributed by atoms with Gasteiger partial charge in [0.05, 0.1) is 6.61 Å². The van der Waals surface area contributed by atoms with Crippen LogP contribution in [0.15, 0.2) is 16.8 Å². The SMILES string of the molecule is CCOc1ccnc(N2CCCN(c3nc(C(C)C)no3)CC2)n1. The van der Waals surface area contributed by atoms with Crippen LogP contribution in [0, 0.1) is 0 Å². The monoisotopic (exact) mass is 332 g/mol. The summed E-state index contributed by atoms with van der Waals surface area (Å²) in [7, 11) is 0. The molecular weight excluding hydrogens is 308 g/mol. The molecule has 0 aromatic carbocycles. The molecule has 3 heterocycles. The van der Waals surface area contributed by atoms with Gasteiger partial charge in [0, 0.05) is 44.4 Å². The molecule has 8 heteroatoms. The molecule has 0 aliphatic carbocycles. The van der Waals surface area contributed by atoms with E-state index in [0.717, 1.165) is 38.4 Å². The van der Waals surface area contributed by atoms with Crippen molar-refractivity contribution < 1.29 is 9.26 Å². The van der Waals surface area contributed by atoms with Gasteiger partial charge in [0.1, 0.15) is 0 Å². The highest BCUT2D eigenvalue weighted by molar-refractivity contribution is 5.35. The van der Waals surface area contributed by atoms with Gasteiger partial charge in [0.15, 0.2) is 5.82 Å². The molecule has 24 heavy (non-hydrogen) atoms. The Morgan fingerprint density at radius 1 is 1.17 bits per heavy atom. The quantitative estimate of drug-likeness (QED) is 0.823. The lowest BCUT2D eigenvalue weighted by atomic mass is 10.2. The van der Waals surface area contributed by atoms with Gasteiger partial charge in [-0.3, -0.25) is 0 Å². The van der Waals surface area contributed by atoms with E-state index in [2.05, 4.69) is 43.8 Å². The second-order valence-electron chi connectivity index (χ2n) is 6.05. The number of nitrogens with zero attached hydrogens (tertiary/aromatic N) is 6. The Bertz CT molecular complexity index is 660. The first kappa shape index (κ1) is 16.5. The van der Waals surface area contributed by atoms with E-state index in [0.29, 0.717) is 24.4 Å². The summed E-state index contributed by atoms with van der Waals surface area (Å²) in [6.07, 6.45) is 2.71. The van der Waals surface area contributed by atoms with Crippen LogP contribution in [0.4, 0.5) is 12.0 Å². The summed E-state index contributed by atoms with van der Waals surface area (Å²) in [4.78, 5) is 17.6. The van der Waals surface area contributed by atoms with Crippen LogP contribution in [0.5, 0.6) is 5.88 Å². The van der Waals surface area contributed by atoms with Crippen molar-refractivity contribution >= 4 is 12.0 Å². The van der Waals surface area contributed by atoms with Crippen molar-refractivity contribution in [3.63, 3.8) is 0 Å². The molecule has 1 fully saturated rings. The summed E-state index contributed by atoms with van der Waals surface area (Å²) in [6, 6.07) is 2.38. The Hall–Kier alpha value is -2.38. The minimum Gasteiger partial charge on any atom is -0.478 e. The van der Waals surface area contributed by atoms with Crippen LogP contribution in [-0.2, 0) is 0 Å². The van der Waals surface area contributed by atoms with Gasteiger partial charge in [-0.25, -0.2) is 4.98 Å². The average Bonchev–Trinajstić information content (AvgIpc) is 2.94. The van der Waals surface area contributed by atoms with Gasteiger partial charge >= 0.3 is 6.01 Å². The highest BCUT2D eigenvalue weighted by Gasteiger charge is 2.21. The minimum atomic E-state index is 0.265. The molecule has 2 aromatic heterocycles. The van der Waals surface area contributed by atoms with Crippen LogP contribution < -0.4 is 14.5 Å². The largest absolute Gasteiger partial charge is 0.478 e. The maximum atomic E-state index is 5.46. The van der Waals surface area contributed by atoms with Crippen LogP contribution >= 0.6 is 0 Å². The Morgan fingerprint density at radius 3 is 2.71 bits per heavy atom. The number of anilines is 2. The van der Waals surface area contributed by atoms with E-state index in [9.17, 15) is 0 Å². The normalized spacial score (nSPS) is 15.7. The van der Waals surface area contributed by atoms with Crippen LogP contribution in [0.3, 0.4) is 0 Å². The van der Waals surface area contributed by atoms with E-state index in [1.165, 1.54) is 0 Å². The summed E-state index contributed by atoms with van der Waals surface area (Å²) in [5.74, 6) is 2.33. The average molecular weight is 332 g/mol. The summed E-state index contributed by atoms with van der Waals surface area (Å²) in [6.45, 7) is 10.0. The molecule has 0 bridgehead atoms. The maximum absolute atomic E-state index is 5.46. The number of aromatic nitrogens is 4. The molecular formula is C16H24N6O2. The molecule has 0 amide bonds. The molecule has 0 saturated carbocycles. The zero-order valence-electron chi connectivity index (χ0n) is 14.5. The van der Waals surface area contributed by atoms with Crippen molar-refractivity contribution in [3.8, 4) is 5.88 Å². The number of hydrogen-bond donors (Lipinski definition) is 0. The molecule has 0 N–H and O–H groups in total. The van der Waals surface area contributed by atoms with Gasteiger partial charge in [-0.05, 0) is 13.3 Å². The van der Waals surface area contributed by atoms with E-state index in [1.807, 2.05) is 6.92 Å². The molecule has 0 spiro atoms. The third-order valence-corrected chi connectivity index (χ3v) is 3.91. The second-order valence-corrected chi connectivity index (χ2v) is 6.05. The first-order valence-corrected chi connectivity index (χ1v) is 8.46. The predicted molar refractivity (Wildman–Crippen MR) is 90.6 cm³/mol. The van der Waals surface area contributed by atoms with Crippen LogP contribution in [0.2, 0.25) is 0 Å². The zero-order valence-corrected chi connectivity index (χ0v) is 14.5. The van der Waals surface area contributed by atoms with E-state index < -0.39 is 0 Å². The van der Waals surface area contributed by atoms with Crippen LogP contribution in [0.25, 0.3) is 0 Å². The topological polar surface area (TPSA) is 80.4 Å². The summed E-state index contributed by atoms with van der Waals surface area (Å²) < 4.78 is 10.9. The molecule has 8 nitrogen and oxygen atoms in total. The fraction of sp³-hybridized carbons (Fsp3) is 0.625. The van der Waals surface area contributed by atoms with Gasteiger partial charge in [-0.2, -0.15) is 9.97 Å². The first-order chi connectivity index (χ1) is 11.7. The van der Waals surface area contributed by atoms with Gasteiger partial charge in [-0.15, -0.1) is 0 Å². The summed E-state index contributed by atoms with van der Waals surface area (Å²) >= 11 is 0. The molecule has 0 radical (unpaired) electrons. The smallest absolute Gasteiger partial charge is 0.324 e. The fourth-order valence-corrected chi connectivity index (χ4v) is 2.61. The molecule has 3 rings (SSSR count). The lowest BCUT2D eigenvalue weighted by Crippen LogP contribution is -2.31. The Kier molecular flexibility index (Phi) is 5.12. The minimum absolute atomic E-state index is 0.265. The molecule has 1 saturated heterocycles. The highest BCUT2D eigenvalue weighted by atomic mass is 16.5. The van der Waals surface area contributed by atoms with Crippen molar-refractivity contribution in [2.75, 3.05) is 42.6 Å². The van der Waals surface area contributed by atoms with Crippen LogP contribution in [-0.4, -0.2) is 52.9 Å². The van der Waals surface area contributed by atoms with Gasteiger partial charge in [0.25, 0.3) is 0 Å². The highest BCUT2D eigenvalue weighted by Crippen LogP contribution is 2.20. The number of rotatable bonds is 5. The van der Waals surface area contributed by atoms with Crippen molar-refractivity contribution in [2.45, 2.75) is 33.1 Å². The van der Waals surface area contributed by atoms with Crippen molar-refractivity contribution in [1.82, 2.24) is 20.1 Å². The Balaban J connectivity index is 1.67. The molecule has 2 aromatic rings. The standard InChI is InChI=1S/C16H24N6O2/c1-4-23-13-6-7-17-15(18-13)21-8-5-9-22(11-10-21)16-19-14(12(2)3)20-24-16/h6-7,12H,4-5,8-11H2,1-3H3. The van der Waals surface area contributed by atoms with Crippen LogP contribution in [0.1, 0.15) is 38.9 Å². The van der Waals surface area contributed by atoms with Crippen molar-refractivity contribution in [2.24, 2.45) is 0 Å². The lowest BCUT2D eigenvalue weighted by molar-refractivity contribution is 0.326. The number of hydrogen-bond acceptors (Lipinski definition) is 8. The molecule has 1 aliphatic rings. The van der Waals surface area contributed by atoms with E-state index >= 15 is 0 Å². The lowest BCUT2D eigenvalue weighted by Gasteiger charge is -2.21.